The minimum atomic E-state index is 0.827. The van der Waals surface area contributed by atoms with Crippen molar-refractivity contribution < 1.29 is 4.74 Å². The number of hydrogen-bond donors (Lipinski definition) is 0. The van der Waals surface area contributed by atoms with Gasteiger partial charge in [-0.3, -0.25) is 0 Å². The standard InChI is InChI=1S/C7H15O/c1-4-5-8-6-7(2)3/h4-6H2,1-3H3. The Hall–Kier alpha value is -0.0400. The fourth-order valence-electron chi connectivity index (χ4n) is 0.421. The van der Waals surface area contributed by atoms with Gasteiger partial charge in [0.1, 0.15) is 0 Å². The van der Waals surface area contributed by atoms with E-state index in [9.17, 15) is 0 Å². The molecule has 0 heterocycles. The molecule has 0 spiro atoms. The molecule has 0 aliphatic rings. The van der Waals surface area contributed by atoms with Crippen LogP contribution in [0.3, 0.4) is 0 Å². The first kappa shape index (κ1) is 7.96. The van der Waals surface area contributed by atoms with E-state index in [0.29, 0.717) is 0 Å². The summed E-state index contributed by atoms with van der Waals surface area (Å²) in [5, 5.41) is 0. The fourth-order valence-corrected chi connectivity index (χ4v) is 0.421. The molecule has 0 unspecified atom stereocenters. The zero-order valence-corrected chi connectivity index (χ0v) is 6.03. The molecule has 0 rings (SSSR count). The molecule has 0 atom stereocenters. The molecular weight excluding hydrogens is 100 g/mol. The first-order valence-corrected chi connectivity index (χ1v) is 3.14. The van der Waals surface area contributed by atoms with Crippen LogP contribution in [0.15, 0.2) is 0 Å². The molecule has 49 valence electrons. The average Bonchev–Trinajstić information content (AvgIpc) is 1.66. The maximum atomic E-state index is 5.21. The van der Waals surface area contributed by atoms with Gasteiger partial charge in [-0.2, -0.15) is 0 Å². The van der Waals surface area contributed by atoms with Gasteiger partial charge in [0.05, 0.1) is 6.61 Å². The van der Waals surface area contributed by atoms with E-state index in [1.54, 1.807) is 0 Å². The minimum absolute atomic E-state index is 0.827. The normalized spacial score (nSPS) is 10.5. The van der Waals surface area contributed by atoms with Crippen molar-refractivity contribution in [3.63, 3.8) is 0 Å². The predicted octanol–water partition coefficient (Wildman–Crippen LogP) is 2.03. The zero-order chi connectivity index (χ0) is 6.41. The quantitative estimate of drug-likeness (QED) is 0.509. The van der Waals surface area contributed by atoms with Crippen LogP contribution < -0.4 is 0 Å². The Morgan fingerprint density at radius 1 is 1.38 bits per heavy atom. The number of hydrogen-bond acceptors (Lipinski definition) is 1. The lowest BCUT2D eigenvalue weighted by molar-refractivity contribution is 0.145. The van der Waals surface area contributed by atoms with Crippen molar-refractivity contribution in [2.45, 2.75) is 27.2 Å². The van der Waals surface area contributed by atoms with Crippen molar-refractivity contribution in [3.05, 3.63) is 5.92 Å². The van der Waals surface area contributed by atoms with E-state index >= 15 is 0 Å². The van der Waals surface area contributed by atoms with Gasteiger partial charge in [0, 0.05) is 6.61 Å². The summed E-state index contributed by atoms with van der Waals surface area (Å²) in [6, 6.07) is 0. The summed E-state index contributed by atoms with van der Waals surface area (Å²) in [5.74, 6) is 1.35. The van der Waals surface area contributed by atoms with E-state index < -0.39 is 0 Å². The monoisotopic (exact) mass is 115 g/mol. The minimum Gasteiger partial charge on any atom is -0.381 e. The Bertz CT molecular complexity index is 41.7. The number of ether oxygens (including phenoxy) is 1. The Kier molecular flexibility index (Phi) is 5.08. The van der Waals surface area contributed by atoms with E-state index in [1.165, 1.54) is 5.92 Å². The van der Waals surface area contributed by atoms with Crippen molar-refractivity contribution >= 4 is 0 Å². The van der Waals surface area contributed by atoms with Crippen LogP contribution in [0.1, 0.15) is 27.2 Å². The largest absolute Gasteiger partial charge is 0.381 e. The summed E-state index contributed by atoms with van der Waals surface area (Å²) in [5.41, 5.74) is 0. The Balaban J connectivity index is 2.72. The third-order valence-electron chi connectivity index (χ3n) is 0.739. The van der Waals surface area contributed by atoms with Crippen LogP contribution in [0.25, 0.3) is 0 Å². The van der Waals surface area contributed by atoms with E-state index in [4.69, 9.17) is 4.74 Å². The topological polar surface area (TPSA) is 9.23 Å². The molecule has 0 aromatic carbocycles. The van der Waals surface area contributed by atoms with Gasteiger partial charge in [0.2, 0.25) is 0 Å². The SMILES string of the molecule is CCCOC[C](C)C. The highest BCUT2D eigenvalue weighted by Gasteiger charge is 1.90. The van der Waals surface area contributed by atoms with Gasteiger partial charge in [0.25, 0.3) is 0 Å². The molecule has 0 aliphatic heterocycles. The molecule has 1 nitrogen and oxygen atoms in total. The zero-order valence-electron chi connectivity index (χ0n) is 6.03. The second kappa shape index (κ2) is 5.10. The molecule has 0 N–H and O–H groups in total. The molecule has 1 radical (unpaired) electrons. The van der Waals surface area contributed by atoms with Crippen LogP contribution >= 0.6 is 0 Å². The molecule has 8 heavy (non-hydrogen) atoms. The van der Waals surface area contributed by atoms with Gasteiger partial charge in [-0.1, -0.05) is 20.8 Å². The molecule has 0 saturated heterocycles. The smallest absolute Gasteiger partial charge is 0.0523 e. The third kappa shape index (κ3) is 5.96. The van der Waals surface area contributed by atoms with E-state index in [2.05, 4.69) is 20.8 Å². The Morgan fingerprint density at radius 3 is 2.38 bits per heavy atom. The summed E-state index contributed by atoms with van der Waals surface area (Å²) in [6.45, 7) is 8.00. The van der Waals surface area contributed by atoms with Crippen LogP contribution in [0.2, 0.25) is 0 Å². The van der Waals surface area contributed by atoms with Crippen LogP contribution in [-0.4, -0.2) is 13.2 Å². The predicted molar refractivity (Wildman–Crippen MR) is 35.7 cm³/mol. The molecule has 0 aliphatic carbocycles. The lowest BCUT2D eigenvalue weighted by Gasteiger charge is -2.02. The van der Waals surface area contributed by atoms with Crippen molar-refractivity contribution in [2.75, 3.05) is 13.2 Å². The van der Waals surface area contributed by atoms with Gasteiger partial charge in [-0.05, 0) is 12.3 Å². The maximum absolute atomic E-state index is 5.21. The van der Waals surface area contributed by atoms with Crippen molar-refractivity contribution in [2.24, 2.45) is 0 Å². The lowest BCUT2D eigenvalue weighted by atomic mass is 10.2. The fraction of sp³-hybridized carbons (Fsp3) is 0.857. The third-order valence-corrected chi connectivity index (χ3v) is 0.739. The van der Waals surface area contributed by atoms with Crippen molar-refractivity contribution in [1.29, 1.82) is 0 Å². The highest BCUT2D eigenvalue weighted by molar-refractivity contribution is 4.74. The molecule has 0 bridgehead atoms. The second-order valence-corrected chi connectivity index (χ2v) is 2.26. The highest BCUT2D eigenvalue weighted by atomic mass is 16.5. The molecule has 0 amide bonds. The van der Waals surface area contributed by atoms with E-state index in [1.807, 2.05) is 0 Å². The van der Waals surface area contributed by atoms with Crippen molar-refractivity contribution in [1.82, 2.24) is 0 Å². The summed E-state index contributed by atoms with van der Waals surface area (Å²) < 4.78 is 5.21. The summed E-state index contributed by atoms with van der Waals surface area (Å²) in [6.07, 6.45) is 1.12. The molecule has 0 aromatic heterocycles. The van der Waals surface area contributed by atoms with Gasteiger partial charge in [-0.15, -0.1) is 0 Å². The lowest BCUT2D eigenvalue weighted by Crippen LogP contribution is -1.99. The molecule has 1 heteroatoms. The van der Waals surface area contributed by atoms with Gasteiger partial charge in [0.15, 0.2) is 0 Å². The van der Waals surface area contributed by atoms with Gasteiger partial charge >= 0.3 is 0 Å². The molecular formula is C7H15O. The summed E-state index contributed by atoms with van der Waals surface area (Å²) >= 11 is 0. The first-order chi connectivity index (χ1) is 3.77. The van der Waals surface area contributed by atoms with E-state index in [-0.39, 0.29) is 0 Å². The van der Waals surface area contributed by atoms with Gasteiger partial charge in [-0.25, -0.2) is 0 Å². The van der Waals surface area contributed by atoms with Crippen LogP contribution in [-0.2, 0) is 4.74 Å². The first-order valence-electron chi connectivity index (χ1n) is 3.14. The van der Waals surface area contributed by atoms with Crippen LogP contribution in [0, 0.1) is 5.92 Å². The average molecular weight is 115 g/mol. The van der Waals surface area contributed by atoms with Crippen LogP contribution in [0.5, 0.6) is 0 Å². The van der Waals surface area contributed by atoms with Crippen molar-refractivity contribution in [3.8, 4) is 0 Å². The molecule has 0 fully saturated rings. The second-order valence-electron chi connectivity index (χ2n) is 2.26. The number of rotatable bonds is 4. The Morgan fingerprint density at radius 2 is 2.00 bits per heavy atom. The molecule has 0 saturated carbocycles. The molecule has 0 aromatic rings. The maximum Gasteiger partial charge on any atom is 0.0523 e. The summed E-state index contributed by atoms with van der Waals surface area (Å²) in [4.78, 5) is 0. The highest BCUT2D eigenvalue weighted by Crippen LogP contribution is 1.94. The van der Waals surface area contributed by atoms with E-state index in [0.717, 1.165) is 19.6 Å². The summed E-state index contributed by atoms with van der Waals surface area (Å²) in [7, 11) is 0. The Labute approximate surface area is 52.0 Å². The van der Waals surface area contributed by atoms with Crippen LogP contribution in [0.4, 0.5) is 0 Å². The van der Waals surface area contributed by atoms with Gasteiger partial charge < -0.3 is 4.74 Å².